The Labute approximate surface area is 213 Å². The summed E-state index contributed by atoms with van der Waals surface area (Å²) in [6.45, 7) is 2.22. The molecule has 0 aliphatic rings. The second-order valence-corrected chi connectivity index (χ2v) is 9.30. The summed E-state index contributed by atoms with van der Waals surface area (Å²) in [6.07, 6.45) is 2.16. The zero-order chi connectivity index (χ0) is 24.7. The van der Waals surface area contributed by atoms with Gasteiger partial charge in [-0.3, -0.25) is 0 Å². The molecule has 0 spiro atoms. The number of aryl methyl sites for hydroxylation is 1. The zero-order valence-corrected chi connectivity index (χ0v) is 20.6. The molecule has 36 heavy (non-hydrogen) atoms. The fourth-order valence-electron chi connectivity index (χ4n) is 4.66. The van der Waals surface area contributed by atoms with Crippen LogP contribution in [0.5, 0.6) is 5.75 Å². The van der Waals surface area contributed by atoms with Crippen LogP contribution in [0, 0.1) is 0 Å². The summed E-state index contributed by atoms with van der Waals surface area (Å²) < 4.78 is 5.97. The van der Waals surface area contributed by atoms with Gasteiger partial charge in [0, 0.05) is 6.42 Å². The van der Waals surface area contributed by atoms with Gasteiger partial charge in [0.2, 0.25) is 0 Å². The van der Waals surface area contributed by atoms with Crippen LogP contribution < -0.4 is 4.74 Å². The molecule has 0 aromatic heterocycles. The molecule has 0 bridgehead atoms. The van der Waals surface area contributed by atoms with Gasteiger partial charge < -0.3 is 9.53 Å². The first-order valence-electron chi connectivity index (χ1n) is 12.5. The van der Waals surface area contributed by atoms with Crippen LogP contribution in [0.2, 0.25) is 0 Å². The highest BCUT2D eigenvalue weighted by Gasteiger charge is 2.10. The molecule has 2 heteroatoms. The standard InChI is InChI=1S/C34H30O2/c1-25(35)14-15-28-16-17-30(22-32(28)23-31-12-7-11-29-10-5-6-13-34(29)31)27-18-20-33(21-19-27)36-24-26-8-3-2-4-9-26/h2-13,16-22H,14-15,23-24H2,1H3. The van der Waals surface area contributed by atoms with Crippen LogP contribution in [0.4, 0.5) is 0 Å². The Morgan fingerprint density at radius 2 is 1.39 bits per heavy atom. The molecule has 0 amide bonds. The molecule has 5 aromatic rings. The number of rotatable bonds is 9. The Hall–Kier alpha value is -4.17. The molecule has 0 N–H and O–H groups in total. The van der Waals surface area contributed by atoms with Crippen LogP contribution in [0.3, 0.4) is 0 Å². The molecule has 5 aromatic carbocycles. The maximum Gasteiger partial charge on any atom is 0.130 e. The summed E-state index contributed by atoms with van der Waals surface area (Å²) >= 11 is 0. The predicted molar refractivity (Wildman–Crippen MR) is 148 cm³/mol. The van der Waals surface area contributed by atoms with E-state index in [-0.39, 0.29) is 5.78 Å². The fourth-order valence-corrected chi connectivity index (χ4v) is 4.66. The number of benzene rings is 5. The lowest BCUT2D eigenvalue weighted by atomic mass is 9.91. The Morgan fingerprint density at radius 1 is 0.667 bits per heavy atom. The van der Waals surface area contributed by atoms with Crippen molar-refractivity contribution in [3.05, 3.63) is 138 Å². The average Bonchev–Trinajstić information content (AvgIpc) is 2.92. The molecule has 0 aliphatic heterocycles. The Morgan fingerprint density at radius 3 is 2.19 bits per heavy atom. The Balaban J connectivity index is 1.41. The van der Waals surface area contributed by atoms with Gasteiger partial charge in [-0.2, -0.15) is 0 Å². The number of carbonyl (C=O) groups excluding carboxylic acids is 1. The van der Waals surface area contributed by atoms with Crippen LogP contribution >= 0.6 is 0 Å². The van der Waals surface area contributed by atoms with Crippen LogP contribution in [-0.2, 0) is 24.2 Å². The molecule has 0 unspecified atom stereocenters. The van der Waals surface area contributed by atoms with Crippen LogP contribution in [0.1, 0.15) is 35.6 Å². The number of ether oxygens (including phenoxy) is 1. The van der Waals surface area contributed by atoms with Crippen molar-refractivity contribution in [3.8, 4) is 16.9 Å². The van der Waals surface area contributed by atoms with Crippen LogP contribution in [0.15, 0.2) is 115 Å². The quantitative estimate of drug-likeness (QED) is 0.217. The van der Waals surface area contributed by atoms with E-state index in [2.05, 4.69) is 84.9 Å². The summed E-state index contributed by atoms with van der Waals surface area (Å²) in [6, 6.07) is 40.2. The Kier molecular flexibility index (Phi) is 7.23. The lowest BCUT2D eigenvalue weighted by Gasteiger charge is -2.14. The van der Waals surface area contributed by atoms with Crippen molar-refractivity contribution in [1.82, 2.24) is 0 Å². The lowest BCUT2D eigenvalue weighted by molar-refractivity contribution is -0.116. The van der Waals surface area contributed by atoms with E-state index in [0.717, 1.165) is 29.7 Å². The van der Waals surface area contributed by atoms with E-state index < -0.39 is 0 Å². The summed E-state index contributed by atoms with van der Waals surface area (Å²) in [4.78, 5) is 11.7. The molecule has 0 atom stereocenters. The number of fused-ring (bicyclic) bond motifs is 1. The molecular formula is C34H30O2. The zero-order valence-electron chi connectivity index (χ0n) is 20.6. The number of carbonyl (C=O) groups is 1. The van der Waals surface area contributed by atoms with Gasteiger partial charge in [0.15, 0.2) is 0 Å². The van der Waals surface area contributed by atoms with Gasteiger partial charge in [0.1, 0.15) is 18.1 Å². The molecule has 0 fully saturated rings. The third-order valence-corrected chi connectivity index (χ3v) is 6.65. The highest BCUT2D eigenvalue weighted by molar-refractivity contribution is 5.86. The maximum absolute atomic E-state index is 11.7. The number of ketones is 1. The van der Waals surface area contributed by atoms with Gasteiger partial charge in [-0.15, -0.1) is 0 Å². The van der Waals surface area contributed by atoms with E-state index >= 15 is 0 Å². The molecule has 0 heterocycles. The molecule has 2 nitrogen and oxygen atoms in total. The van der Waals surface area contributed by atoms with Gasteiger partial charge in [-0.1, -0.05) is 103 Å². The molecule has 0 saturated carbocycles. The third-order valence-electron chi connectivity index (χ3n) is 6.65. The molecular weight excluding hydrogens is 440 g/mol. The van der Waals surface area contributed by atoms with Crippen LogP contribution in [-0.4, -0.2) is 5.78 Å². The highest BCUT2D eigenvalue weighted by atomic mass is 16.5. The number of hydrogen-bond donors (Lipinski definition) is 0. The van der Waals surface area contributed by atoms with Crippen molar-refractivity contribution >= 4 is 16.6 Å². The minimum absolute atomic E-state index is 0.223. The van der Waals surface area contributed by atoms with Crippen LogP contribution in [0.25, 0.3) is 21.9 Å². The van der Waals surface area contributed by atoms with Crippen molar-refractivity contribution in [3.63, 3.8) is 0 Å². The maximum atomic E-state index is 11.7. The SMILES string of the molecule is CC(=O)CCc1ccc(-c2ccc(OCc3ccccc3)cc2)cc1Cc1cccc2ccccc12. The molecule has 178 valence electrons. The van der Waals surface area contributed by atoms with Gasteiger partial charge in [0.25, 0.3) is 0 Å². The highest BCUT2D eigenvalue weighted by Crippen LogP contribution is 2.29. The Bertz CT molecular complexity index is 1460. The van der Waals surface area contributed by atoms with E-state index in [1.165, 1.54) is 33.0 Å². The molecule has 0 radical (unpaired) electrons. The summed E-state index contributed by atoms with van der Waals surface area (Å²) in [5, 5.41) is 2.53. The summed E-state index contributed by atoms with van der Waals surface area (Å²) in [7, 11) is 0. The van der Waals surface area contributed by atoms with Crippen molar-refractivity contribution < 1.29 is 9.53 Å². The topological polar surface area (TPSA) is 26.3 Å². The van der Waals surface area contributed by atoms with E-state index in [1.807, 2.05) is 30.3 Å². The molecule has 0 aliphatic carbocycles. The van der Waals surface area contributed by atoms with E-state index in [4.69, 9.17) is 4.74 Å². The average molecular weight is 471 g/mol. The van der Waals surface area contributed by atoms with Gasteiger partial charge in [-0.05, 0) is 76.1 Å². The first-order valence-corrected chi connectivity index (χ1v) is 12.5. The third kappa shape index (κ3) is 5.72. The monoisotopic (exact) mass is 470 g/mol. The second-order valence-electron chi connectivity index (χ2n) is 9.30. The van der Waals surface area contributed by atoms with Crippen molar-refractivity contribution in [2.45, 2.75) is 32.8 Å². The fraction of sp³-hybridized carbons (Fsp3) is 0.147. The second kappa shape index (κ2) is 11.0. The molecule has 0 saturated heterocycles. The van der Waals surface area contributed by atoms with Crippen molar-refractivity contribution in [2.24, 2.45) is 0 Å². The number of Topliss-reactive ketones (excluding diaryl/α,β-unsaturated/α-hetero) is 1. The first-order chi connectivity index (χ1) is 17.7. The minimum atomic E-state index is 0.223. The minimum Gasteiger partial charge on any atom is -0.489 e. The summed E-state index contributed by atoms with van der Waals surface area (Å²) in [5.41, 5.74) is 7.30. The first kappa shape index (κ1) is 23.6. The van der Waals surface area contributed by atoms with Crippen molar-refractivity contribution in [1.29, 1.82) is 0 Å². The normalized spacial score (nSPS) is 10.9. The van der Waals surface area contributed by atoms with E-state index in [0.29, 0.717) is 13.0 Å². The predicted octanol–water partition coefficient (Wildman–Crippen LogP) is 8.20. The molecule has 5 rings (SSSR count). The van der Waals surface area contributed by atoms with Gasteiger partial charge in [0.05, 0.1) is 0 Å². The van der Waals surface area contributed by atoms with Gasteiger partial charge >= 0.3 is 0 Å². The smallest absolute Gasteiger partial charge is 0.130 e. The van der Waals surface area contributed by atoms with Crippen molar-refractivity contribution in [2.75, 3.05) is 0 Å². The summed E-state index contributed by atoms with van der Waals surface area (Å²) in [5.74, 6) is 1.08. The van der Waals surface area contributed by atoms with Gasteiger partial charge in [-0.25, -0.2) is 0 Å². The largest absolute Gasteiger partial charge is 0.489 e. The lowest BCUT2D eigenvalue weighted by Crippen LogP contribution is -2.01. The van der Waals surface area contributed by atoms with E-state index in [9.17, 15) is 4.79 Å². The van der Waals surface area contributed by atoms with E-state index in [1.54, 1.807) is 6.92 Å². The number of hydrogen-bond acceptors (Lipinski definition) is 2.